The van der Waals surface area contributed by atoms with E-state index in [-0.39, 0.29) is 22.4 Å². The van der Waals surface area contributed by atoms with Crippen LogP contribution >= 0.6 is 0 Å². The van der Waals surface area contributed by atoms with Crippen LogP contribution in [0.2, 0.25) is 0 Å². The summed E-state index contributed by atoms with van der Waals surface area (Å²) in [6.07, 6.45) is -9.31. The first-order valence-corrected chi connectivity index (χ1v) is 8.95. The van der Waals surface area contributed by atoms with Crippen molar-refractivity contribution in [2.24, 2.45) is 0 Å². The van der Waals surface area contributed by atoms with Gasteiger partial charge in [-0.2, -0.15) is 26.3 Å². The van der Waals surface area contributed by atoms with Crippen molar-refractivity contribution in [3.63, 3.8) is 0 Å². The topological polar surface area (TPSA) is 122 Å². The van der Waals surface area contributed by atoms with Gasteiger partial charge in [0.15, 0.2) is 0 Å². The van der Waals surface area contributed by atoms with Gasteiger partial charge < -0.3 is 15.2 Å². The SMILES string of the molecule is COC(=O)c1cc(C(F)(F)F)cc(N)c1C.COC(=O)c1cc(C(F)(F)F)cc([N+](=O)[O-])c1C. The van der Waals surface area contributed by atoms with E-state index in [1.165, 1.54) is 13.8 Å². The second-order valence-corrected chi connectivity index (χ2v) is 6.64. The minimum absolute atomic E-state index is 0.0878. The third kappa shape index (κ3) is 6.59. The van der Waals surface area contributed by atoms with Gasteiger partial charge in [-0.25, -0.2) is 9.59 Å². The van der Waals surface area contributed by atoms with Gasteiger partial charge in [0.1, 0.15) is 0 Å². The van der Waals surface area contributed by atoms with Crippen LogP contribution in [0.4, 0.5) is 37.7 Å². The van der Waals surface area contributed by atoms with Gasteiger partial charge in [0, 0.05) is 17.3 Å². The molecule has 34 heavy (non-hydrogen) atoms. The Balaban J connectivity index is 0.000000342. The predicted molar refractivity (Wildman–Crippen MR) is 106 cm³/mol. The Morgan fingerprint density at radius 2 is 1.21 bits per heavy atom. The zero-order valence-electron chi connectivity index (χ0n) is 18.1. The van der Waals surface area contributed by atoms with Crippen LogP contribution in [-0.4, -0.2) is 31.1 Å². The molecule has 14 heteroatoms. The number of nitrogen functional groups attached to an aromatic ring is 1. The molecule has 0 radical (unpaired) electrons. The van der Waals surface area contributed by atoms with Crippen molar-refractivity contribution in [1.82, 2.24) is 0 Å². The Bertz CT molecular complexity index is 1110. The molecule has 2 N–H and O–H groups in total. The highest BCUT2D eigenvalue weighted by Gasteiger charge is 2.35. The summed E-state index contributed by atoms with van der Waals surface area (Å²) in [5, 5.41) is 10.7. The average molecular weight is 496 g/mol. The molecule has 0 saturated carbocycles. The van der Waals surface area contributed by atoms with Crippen LogP contribution in [0, 0.1) is 24.0 Å². The van der Waals surface area contributed by atoms with Crippen molar-refractivity contribution in [2.75, 3.05) is 20.0 Å². The van der Waals surface area contributed by atoms with Crippen molar-refractivity contribution in [3.05, 3.63) is 67.8 Å². The van der Waals surface area contributed by atoms with Crippen molar-refractivity contribution in [2.45, 2.75) is 26.2 Å². The molecule has 0 atom stereocenters. The summed E-state index contributed by atoms with van der Waals surface area (Å²) in [7, 11) is 2.08. The molecule has 0 unspecified atom stereocenters. The Hall–Kier alpha value is -3.84. The fourth-order valence-electron chi connectivity index (χ4n) is 2.60. The molecular weight excluding hydrogens is 478 g/mol. The van der Waals surface area contributed by atoms with Gasteiger partial charge in [0.05, 0.1) is 41.4 Å². The van der Waals surface area contributed by atoms with E-state index >= 15 is 0 Å². The number of nitro benzene ring substituents is 1. The van der Waals surface area contributed by atoms with E-state index in [2.05, 4.69) is 9.47 Å². The van der Waals surface area contributed by atoms with Crippen LogP contribution in [0.1, 0.15) is 43.0 Å². The van der Waals surface area contributed by atoms with Gasteiger partial charge in [-0.15, -0.1) is 0 Å². The van der Waals surface area contributed by atoms with Gasteiger partial charge in [-0.3, -0.25) is 10.1 Å². The maximum atomic E-state index is 12.5. The lowest BCUT2D eigenvalue weighted by atomic mass is 10.0. The van der Waals surface area contributed by atoms with Crippen LogP contribution < -0.4 is 5.73 Å². The number of alkyl halides is 6. The number of carbonyl (C=O) groups is 2. The van der Waals surface area contributed by atoms with Crippen molar-refractivity contribution in [3.8, 4) is 0 Å². The number of nitrogens with two attached hydrogens (primary N) is 1. The molecule has 0 bridgehead atoms. The number of halogens is 6. The normalized spacial score (nSPS) is 11.2. The number of methoxy groups -OCH3 is 2. The van der Waals surface area contributed by atoms with Crippen LogP contribution in [0.15, 0.2) is 24.3 Å². The van der Waals surface area contributed by atoms with Gasteiger partial charge in [0.25, 0.3) is 5.69 Å². The number of hydrogen-bond donors (Lipinski definition) is 1. The third-order valence-electron chi connectivity index (χ3n) is 4.49. The molecule has 0 amide bonds. The number of benzene rings is 2. The fraction of sp³-hybridized carbons (Fsp3) is 0.300. The van der Waals surface area contributed by atoms with E-state index in [0.29, 0.717) is 12.1 Å². The van der Waals surface area contributed by atoms with E-state index in [0.717, 1.165) is 26.4 Å². The summed E-state index contributed by atoms with van der Waals surface area (Å²) in [6.45, 7) is 2.65. The molecule has 0 spiro atoms. The summed E-state index contributed by atoms with van der Waals surface area (Å²) in [4.78, 5) is 32.2. The number of ether oxygens (including phenoxy) is 2. The molecule has 2 aromatic rings. The molecule has 0 aliphatic rings. The monoisotopic (exact) mass is 496 g/mol. The third-order valence-corrected chi connectivity index (χ3v) is 4.49. The zero-order chi connectivity index (χ0) is 26.6. The van der Waals surface area contributed by atoms with Gasteiger partial charge >= 0.3 is 24.3 Å². The van der Waals surface area contributed by atoms with Gasteiger partial charge in [-0.1, -0.05) is 0 Å². The highest BCUT2D eigenvalue weighted by molar-refractivity contribution is 5.93. The van der Waals surface area contributed by atoms with Crippen molar-refractivity contribution in [1.29, 1.82) is 0 Å². The lowest BCUT2D eigenvalue weighted by molar-refractivity contribution is -0.385. The molecule has 2 rings (SSSR count). The van der Waals surface area contributed by atoms with Crippen LogP contribution in [0.3, 0.4) is 0 Å². The van der Waals surface area contributed by atoms with Crippen LogP contribution in [0.5, 0.6) is 0 Å². The number of rotatable bonds is 3. The zero-order valence-corrected chi connectivity index (χ0v) is 18.1. The van der Waals surface area contributed by atoms with E-state index in [1.807, 2.05) is 0 Å². The van der Waals surface area contributed by atoms with Gasteiger partial charge in [-0.05, 0) is 37.6 Å². The molecule has 0 fully saturated rings. The fourth-order valence-corrected chi connectivity index (χ4v) is 2.60. The maximum Gasteiger partial charge on any atom is 0.416 e. The Labute approximate surface area is 188 Å². The van der Waals surface area contributed by atoms with E-state index < -0.39 is 51.6 Å². The highest BCUT2D eigenvalue weighted by atomic mass is 19.4. The second-order valence-electron chi connectivity index (χ2n) is 6.64. The molecule has 2 aromatic carbocycles. The number of anilines is 1. The molecule has 0 aliphatic carbocycles. The molecule has 0 aromatic heterocycles. The van der Waals surface area contributed by atoms with Crippen molar-refractivity contribution < 1.29 is 50.3 Å². The maximum absolute atomic E-state index is 12.5. The number of hydrogen-bond acceptors (Lipinski definition) is 7. The van der Waals surface area contributed by atoms with Crippen LogP contribution in [-0.2, 0) is 21.8 Å². The Kier molecular flexibility index (Phi) is 8.62. The van der Waals surface area contributed by atoms with E-state index in [4.69, 9.17) is 5.73 Å². The molecule has 0 heterocycles. The van der Waals surface area contributed by atoms with Crippen LogP contribution in [0.25, 0.3) is 0 Å². The first-order chi connectivity index (χ1) is 15.4. The smallest absolute Gasteiger partial charge is 0.416 e. The van der Waals surface area contributed by atoms with Gasteiger partial charge in [0.2, 0.25) is 0 Å². The first kappa shape index (κ1) is 28.2. The molecule has 186 valence electrons. The van der Waals surface area contributed by atoms with Crippen molar-refractivity contribution >= 4 is 23.3 Å². The second kappa shape index (κ2) is 10.4. The number of carbonyl (C=O) groups excluding carboxylic acids is 2. The first-order valence-electron chi connectivity index (χ1n) is 8.95. The highest BCUT2D eigenvalue weighted by Crippen LogP contribution is 2.35. The summed E-state index contributed by atoms with van der Waals surface area (Å²) in [5.41, 5.74) is 1.78. The average Bonchev–Trinajstić information content (AvgIpc) is 2.73. The van der Waals surface area contributed by atoms with E-state index in [1.54, 1.807) is 0 Å². The summed E-state index contributed by atoms with van der Waals surface area (Å²) < 4.78 is 83.6. The lowest BCUT2D eigenvalue weighted by Crippen LogP contribution is -2.12. The number of nitrogens with zero attached hydrogens (tertiary/aromatic N) is 1. The quantitative estimate of drug-likeness (QED) is 0.207. The number of esters is 2. The summed E-state index contributed by atoms with van der Waals surface area (Å²) in [5.74, 6) is -1.89. The Morgan fingerprint density at radius 1 is 0.824 bits per heavy atom. The summed E-state index contributed by atoms with van der Waals surface area (Å²) >= 11 is 0. The lowest BCUT2D eigenvalue weighted by Gasteiger charge is -2.12. The standard InChI is InChI=1S/C10H8F3NO4.C10H10F3NO2/c1-5-7(9(15)18-2)3-6(10(11,12)13)4-8(5)14(16)17;1-5-7(9(15)16-2)3-6(4-8(5)14)10(11,12)13/h3-4H,1-2H3;3-4H,14H2,1-2H3. The Morgan fingerprint density at radius 3 is 1.56 bits per heavy atom. The summed E-state index contributed by atoms with van der Waals surface area (Å²) in [6, 6.07) is 2.45. The number of nitro groups is 1. The minimum Gasteiger partial charge on any atom is -0.465 e. The molecular formula is C20H18F6N2O6. The predicted octanol–water partition coefficient (Wildman–Crippen LogP) is 5.09. The van der Waals surface area contributed by atoms with E-state index in [9.17, 15) is 46.0 Å². The molecule has 0 saturated heterocycles. The molecule has 8 nitrogen and oxygen atoms in total. The largest absolute Gasteiger partial charge is 0.465 e. The minimum atomic E-state index is -4.78. The molecule has 0 aliphatic heterocycles.